The molecule has 0 atom stereocenters. The van der Waals surface area contributed by atoms with Crippen molar-refractivity contribution < 1.29 is 19.4 Å². The fraction of sp³-hybridized carbons (Fsp3) is 0.500. The number of benzene rings is 1. The highest BCUT2D eigenvalue weighted by Crippen LogP contribution is 2.41. The van der Waals surface area contributed by atoms with Gasteiger partial charge in [0.25, 0.3) is 0 Å². The minimum absolute atomic E-state index is 0.194. The third-order valence-electron chi connectivity index (χ3n) is 2.95. The lowest BCUT2D eigenvalue weighted by Crippen LogP contribution is -2.29. The molecule has 0 aliphatic carbocycles. The Hall–Kier alpha value is -1.71. The summed E-state index contributed by atoms with van der Waals surface area (Å²) in [7, 11) is 0. The molecule has 0 radical (unpaired) electrons. The van der Waals surface area contributed by atoms with Gasteiger partial charge in [0, 0.05) is 20.3 Å². The van der Waals surface area contributed by atoms with E-state index < -0.39 is 11.8 Å². The van der Waals surface area contributed by atoms with Crippen molar-refractivity contribution in [3.63, 3.8) is 0 Å². The van der Waals surface area contributed by atoms with Crippen LogP contribution in [0.25, 0.3) is 0 Å². The summed E-state index contributed by atoms with van der Waals surface area (Å²) < 4.78 is 11.3. The Balaban J connectivity index is 2.12. The zero-order chi connectivity index (χ0) is 13.3. The third-order valence-corrected chi connectivity index (χ3v) is 2.95. The zero-order valence-corrected chi connectivity index (χ0v) is 10.9. The lowest BCUT2D eigenvalue weighted by atomic mass is 10.0. The molecule has 0 spiro atoms. The van der Waals surface area contributed by atoms with Gasteiger partial charge in [0.2, 0.25) is 5.79 Å². The largest absolute Gasteiger partial charge is 0.481 e. The van der Waals surface area contributed by atoms with Gasteiger partial charge in [0.05, 0.1) is 0 Å². The predicted octanol–water partition coefficient (Wildman–Crippen LogP) is 2.91. The quantitative estimate of drug-likeness (QED) is 0.892. The van der Waals surface area contributed by atoms with Gasteiger partial charge in [-0.05, 0) is 43.0 Å². The minimum atomic E-state index is -0.755. The summed E-state index contributed by atoms with van der Waals surface area (Å²) in [6, 6.07) is 3.92. The molecule has 4 heteroatoms. The number of carboxylic acids is 1. The molecule has 0 bridgehead atoms. The van der Waals surface area contributed by atoms with E-state index in [0.717, 1.165) is 29.0 Å². The number of aliphatic carboxylic acids is 1. The van der Waals surface area contributed by atoms with Crippen LogP contribution >= 0.6 is 0 Å². The highest BCUT2D eigenvalue weighted by molar-refractivity contribution is 5.66. The van der Waals surface area contributed by atoms with Crippen LogP contribution in [-0.4, -0.2) is 16.9 Å². The van der Waals surface area contributed by atoms with E-state index in [1.807, 2.05) is 32.9 Å². The molecule has 1 aliphatic rings. The van der Waals surface area contributed by atoms with Crippen LogP contribution in [0.15, 0.2) is 12.1 Å². The van der Waals surface area contributed by atoms with Crippen molar-refractivity contribution >= 4 is 5.97 Å². The molecule has 4 nitrogen and oxygen atoms in total. The number of fused-ring (bicyclic) bond motifs is 1. The zero-order valence-electron chi connectivity index (χ0n) is 10.9. The first kappa shape index (κ1) is 12.7. The van der Waals surface area contributed by atoms with Crippen LogP contribution in [0.5, 0.6) is 11.5 Å². The Bertz CT molecular complexity index is 477. The SMILES string of the molecule is Cc1cc2c(cc1CCCC(=O)O)OC(C)(C)O2. The van der Waals surface area contributed by atoms with E-state index in [9.17, 15) is 4.79 Å². The average Bonchev–Trinajstić information content (AvgIpc) is 2.51. The first-order valence-electron chi connectivity index (χ1n) is 6.11. The number of carboxylic acid groups (broad SMARTS) is 1. The van der Waals surface area contributed by atoms with E-state index >= 15 is 0 Å². The first-order chi connectivity index (χ1) is 8.37. The molecular formula is C14H18O4. The maximum atomic E-state index is 10.5. The second kappa shape index (κ2) is 4.52. The standard InChI is InChI=1S/C14H18O4/c1-9-7-11-12(18-14(2,3)17-11)8-10(9)5-4-6-13(15)16/h7-8H,4-6H2,1-3H3,(H,15,16). The summed E-state index contributed by atoms with van der Waals surface area (Å²) in [6.07, 6.45) is 1.58. The highest BCUT2D eigenvalue weighted by atomic mass is 16.7. The number of hydrogen-bond donors (Lipinski definition) is 1. The molecule has 0 amide bonds. The fourth-order valence-electron chi connectivity index (χ4n) is 2.11. The van der Waals surface area contributed by atoms with Gasteiger partial charge < -0.3 is 14.6 Å². The molecule has 1 aliphatic heterocycles. The van der Waals surface area contributed by atoms with Crippen LogP contribution in [0.4, 0.5) is 0 Å². The average molecular weight is 250 g/mol. The maximum absolute atomic E-state index is 10.5. The molecule has 0 saturated carbocycles. The van der Waals surface area contributed by atoms with Gasteiger partial charge in [0.1, 0.15) is 0 Å². The first-order valence-corrected chi connectivity index (χ1v) is 6.11. The smallest absolute Gasteiger partial charge is 0.303 e. The van der Waals surface area contributed by atoms with Crippen molar-refractivity contribution in [2.75, 3.05) is 0 Å². The van der Waals surface area contributed by atoms with Crippen LogP contribution in [0, 0.1) is 6.92 Å². The number of rotatable bonds is 4. The molecule has 98 valence electrons. The van der Waals surface area contributed by atoms with Crippen molar-refractivity contribution in [3.05, 3.63) is 23.3 Å². The molecule has 0 unspecified atom stereocenters. The van der Waals surface area contributed by atoms with Gasteiger partial charge in [-0.1, -0.05) is 0 Å². The molecule has 0 saturated heterocycles. The van der Waals surface area contributed by atoms with Gasteiger partial charge >= 0.3 is 5.97 Å². The van der Waals surface area contributed by atoms with E-state index in [0.29, 0.717) is 6.42 Å². The lowest BCUT2D eigenvalue weighted by molar-refractivity contribution is -0.137. The second-order valence-electron chi connectivity index (χ2n) is 5.08. The Morgan fingerprint density at radius 2 is 1.89 bits per heavy atom. The topological polar surface area (TPSA) is 55.8 Å². The van der Waals surface area contributed by atoms with Crippen LogP contribution in [0.2, 0.25) is 0 Å². The summed E-state index contributed by atoms with van der Waals surface area (Å²) >= 11 is 0. The van der Waals surface area contributed by atoms with Crippen LogP contribution in [0.3, 0.4) is 0 Å². The van der Waals surface area contributed by atoms with E-state index in [4.69, 9.17) is 14.6 Å². The summed E-state index contributed by atoms with van der Waals surface area (Å²) in [5, 5.41) is 8.64. The number of carbonyl (C=O) groups is 1. The van der Waals surface area contributed by atoms with Gasteiger partial charge in [0.15, 0.2) is 11.5 Å². The molecule has 1 aromatic carbocycles. The maximum Gasteiger partial charge on any atom is 0.303 e. The number of hydrogen-bond acceptors (Lipinski definition) is 3. The molecule has 1 aromatic rings. The Morgan fingerprint density at radius 3 is 2.50 bits per heavy atom. The minimum Gasteiger partial charge on any atom is -0.481 e. The van der Waals surface area contributed by atoms with Crippen molar-refractivity contribution in [2.24, 2.45) is 0 Å². The monoisotopic (exact) mass is 250 g/mol. The van der Waals surface area contributed by atoms with Crippen molar-refractivity contribution in [3.8, 4) is 11.5 Å². The molecule has 0 fully saturated rings. The van der Waals surface area contributed by atoms with Crippen molar-refractivity contribution in [1.29, 1.82) is 0 Å². The van der Waals surface area contributed by atoms with E-state index in [2.05, 4.69) is 0 Å². The molecule has 18 heavy (non-hydrogen) atoms. The third kappa shape index (κ3) is 2.75. The second-order valence-corrected chi connectivity index (χ2v) is 5.08. The van der Waals surface area contributed by atoms with Gasteiger partial charge in [-0.15, -0.1) is 0 Å². The predicted molar refractivity (Wildman–Crippen MR) is 67.1 cm³/mol. The van der Waals surface area contributed by atoms with Crippen LogP contribution < -0.4 is 9.47 Å². The van der Waals surface area contributed by atoms with E-state index in [1.165, 1.54) is 0 Å². The fourth-order valence-corrected chi connectivity index (χ4v) is 2.11. The number of aryl methyl sites for hydroxylation is 2. The van der Waals surface area contributed by atoms with Gasteiger partial charge in [-0.3, -0.25) is 4.79 Å². The van der Waals surface area contributed by atoms with Gasteiger partial charge in [-0.25, -0.2) is 0 Å². The Morgan fingerprint density at radius 1 is 1.28 bits per heavy atom. The lowest BCUT2D eigenvalue weighted by Gasteiger charge is -2.16. The molecule has 2 rings (SSSR count). The summed E-state index contributed by atoms with van der Waals surface area (Å²) in [6.45, 7) is 5.74. The Kier molecular flexibility index (Phi) is 3.20. The molecule has 0 aromatic heterocycles. The van der Waals surface area contributed by atoms with Crippen molar-refractivity contribution in [2.45, 2.75) is 45.8 Å². The van der Waals surface area contributed by atoms with Crippen LogP contribution in [0.1, 0.15) is 37.8 Å². The van der Waals surface area contributed by atoms with E-state index in [-0.39, 0.29) is 6.42 Å². The van der Waals surface area contributed by atoms with Gasteiger partial charge in [-0.2, -0.15) is 0 Å². The molecule has 1 N–H and O–H groups in total. The Labute approximate surface area is 107 Å². The summed E-state index contributed by atoms with van der Waals surface area (Å²) in [4.78, 5) is 10.5. The highest BCUT2D eigenvalue weighted by Gasteiger charge is 2.32. The summed E-state index contributed by atoms with van der Waals surface area (Å²) in [5.41, 5.74) is 2.23. The molecule has 1 heterocycles. The van der Waals surface area contributed by atoms with E-state index in [1.54, 1.807) is 0 Å². The normalized spacial score (nSPS) is 15.7. The van der Waals surface area contributed by atoms with Crippen LogP contribution in [-0.2, 0) is 11.2 Å². The summed E-state index contributed by atoms with van der Waals surface area (Å²) in [5.74, 6) is 0.138. The number of ether oxygens (including phenoxy) is 2. The van der Waals surface area contributed by atoms with Crippen molar-refractivity contribution in [1.82, 2.24) is 0 Å². The molecular weight excluding hydrogens is 232 g/mol.